The SMILES string of the molecule is CCCC(C#N)C(=O)N(CC)C1CCCCC1. The highest BCUT2D eigenvalue weighted by atomic mass is 16.2. The average molecular weight is 236 g/mol. The van der Waals surface area contributed by atoms with Crippen molar-refractivity contribution in [1.82, 2.24) is 4.90 Å². The lowest BCUT2D eigenvalue weighted by Gasteiger charge is -2.34. The second-order valence-corrected chi connectivity index (χ2v) is 4.89. The molecule has 1 aliphatic rings. The Labute approximate surface area is 105 Å². The Balaban J connectivity index is 2.64. The van der Waals surface area contributed by atoms with Crippen LogP contribution in [0, 0.1) is 17.2 Å². The van der Waals surface area contributed by atoms with Crippen LogP contribution in [0.3, 0.4) is 0 Å². The molecule has 0 aromatic rings. The van der Waals surface area contributed by atoms with Crippen LogP contribution in [0.4, 0.5) is 0 Å². The van der Waals surface area contributed by atoms with E-state index < -0.39 is 5.92 Å². The quantitative estimate of drug-likeness (QED) is 0.736. The van der Waals surface area contributed by atoms with Gasteiger partial charge in [-0.2, -0.15) is 5.26 Å². The number of carbonyl (C=O) groups excluding carboxylic acids is 1. The monoisotopic (exact) mass is 236 g/mol. The predicted molar refractivity (Wildman–Crippen MR) is 68.3 cm³/mol. The van der Waals surface area contributed by atoms with Crippen LogP contribution in [0.1, 0.15) is 58.8 Å². The lowest BCUT2D eigenvalue weighted by Crippen LogP contribution is -2.44. The van der Waals surface area contributed by atoms with Gasteiger partial charge in [-0.15, -0.1) is 0 Å². The summed E-state index contributed by atoms with van der Waals surface area (Å²) in [4.78, 5) is 14.2. The Morgan fingerprint density at radius 2 is 2.00 bits per heavy atom. The van der Waals surface area contributed by atoms with Crippen molar-refractivity contribution in [1.29, 1.82) is 5.26 Å². The Bertz CT molecular complexity index is 276. The molecule has 3 heteroatoms. The molecule has 0 aromatic carbocycles. The van der Waals surface area contributed by atoms with Crippen molar-refractivity contribution in [3.63, 3.8) is 0 Å². The number of hydrogen-bond acceptors (Lipinski definition) is 2. The molecule has 17 heavy (non-hydrogen) atoms. The van der Waals surface area contributed by atoms with E-state index in [4.69, 9.17) is 5.26 Å². The van der Waals surface area contributed by atoms with Gasteiger partial charge in [0.2, 0.25) is 5.91 Å². The first-order valence-corrected chi connectivity index (χ1v) is 6.94. The van der Waals surface area contributed by atoms with Crippen LogP contribution in [-0.2, 0) is 4.79 Å². The van der Waals surface area contributed by atoms with Crippen molar-refractivity contribution in [3.05, 3.63) is 0 Å². The highest BCUT2D eigenvalue weighted by Crippen LogP contribution is 2.24. The van der Waals surface area contributed by atoms with Gasteiger partial charge in [0.1, 0.15) is 5.92 Å². The van der Waals surface area contributed by atoms with E-state index in [0.29, 0.717) is 12.5 Å². The molecule has 1 fully saturated rings. The zero-order valence-corrected chi connectivity index (χ0v) is 11.1. The third kappa shape index (κ3) is 3.73. The minimum absolute atomic E-state index is 0.0590. The molecule has 3 nitrogen and oxygen atoms in total. The van der Waals surface area contributed by atoms with Gasteiger partial charge in [0.15, 0.2) is 0 Å². The summed E-state index contributed by atoms with van der Waals surface area (Å²) in [6.07, 6.45) is 7.55. The molecule has 0 heterocycles. The third-order valence-electron chi connectivity index (χ3n) is 3.67. The second-order valence-electron chi connectivity index (χ2n) is 4.89. The molecule has 1 aliphatic carbocycles. The summed E-state index contributed by atoms with van der Waals surface area (Å²) in [5.41, 5.74) is 0. The summed E-state index contributed by atoms with van der Waals surface area (Å²) in [5.74, 6) is -0.370. The molecule has 1 unspecified atom stereocenters. The smallest absolute Gasteiger partial charge is 0.240 e. The molecule has 1 rings (SSSR count). The Morgan fingerprint density at radius 1 is 1.35 bits per heavy atom. The molecule has 1 amide bonds. The van der Waals surface area contributed by atoms with Crippen molar-refractivity contribution in [3.8, 4) is 6.07 Å². The highest BCUT2D eigenvalue weighted by Gasteiger charge is 2.28. The van der Waals surface area contributed by atoms with Crippen LogP contribution in [-0.4, -0.2) is 23.4 Å². The Kier molecular flexibility index (Phi) is 6.04. The summed E-state index contributed by atoms with van der Waals surface area (Å²) >= 11 is 0. The number of nitriles is 1. The largest absolute Gasteiger partial charge is 0.339 e. The van der Waals surface area contributed by atoms with E-state index >= 15 is 0 Å². The molecule has 0 saturated heterocycles. The number of carbonyl (C=O) groups is 1. The highest BCUT2D eigenvalue weighted by molar-refractivity contribution is 5.81. The third-order valence-corrected chi connectivity index (χ3v) is 3.67. The fraction of sp³-hybridized carbons (Fsp3) is 0.857. The first-order valence-electron chi connectivity index (χ1n) is 6.94. The summed E-state index contributed by atoms with van der Waals surface area (Å²) in [5, 5.41) is 9.07. The molecule has 96 valence electrons. The number of rotatable bonds is 5. The van der Waals surface area contributed by atoms with Crippen molar-refractivity contribution in [2.45, 2.75) is 64.8 Å². The van der Waals surface area contributed by atoms with Gasteiger partial charge in [0, 0.05) is 12.6 Å². The van der Waals surface area contributed by atoms with Gasteiger partial charge in [0.05, 0.1) is 6.07 Å². The van der Waals surface area contributed by atoms with Crippen LogP contribution in [0.5, 0.6) is 0 Å². The fourth-order valence-electron chi connectivity index (χ4n) is 2.72. The topological polar surface area (TPSA) is 44.1 Å². The lowest BCUT2D eigenvalue weighted by molar-refractivity contribution is -0.136. The molecule has 0 aliphatic heterocycles. The standard InChI is InChI=1S/C14H24N2O/c1-3-8-12(11-15)14(17)16(4-2)13-9-6-5-7-10-13/h12-13H,3-10H2,1-2H3. The van der Waals surface area contributed by atoms with Crippen LogP contribution >= 0.6 is 0 Å². The molecule has 1 saturated carbocycles. The molecular formula is C14H24N2O. The summed E-state index contributed by atoms with van der Waals surface area (Å²) in [6, 6.07) is 2.55. The van der Waals surface area contributed by atoms with Crippen LogP contribution in [0.15, 0.2) is 0 Å². The summed E-state index contributed by atoms with van der Waals surface area (Å²) in [7, 11) is 0. The van der Waals surface area contributed by atoms with Crippen LogP contribution in [0.25, 0.3) is 0 Å². The zero-order chi connectivity index (χ0) is 12.7. The number of hydrogen-bond donors (Lipinski definition) is 0. The van der Waals surface area contributed by atoms with E-state index in [1.807, 2.05) is 18.7 Å². The molecule has 0 aromatic heterocycles. The van der Waals surface area contributed by atoms with Gasteiger partial charge in [-0.1, -0.05) is 32.6 Å². The van der Waals surface area contributed by atoms with E-state index in [1.165, 1.54) is 19.3 Å². The van der Waals surface area contributed by atoms with E-state index in [1.54, 1.807) is 0 Å². The van der Waals surface area contributed by atoms with Gasteiger partial charge in [0.25, 0.3) is 0 Å². The van der Waals surface area contributed by atoms with E-state index in [0.717, 1.165) is 25.8 Å². The molecule has 0 N–H and O–H groups in total. The zero-order valence-electron chi connectivity index (χ0n) is 11.1. The second kappa shape index (κ2) is 7.32. The Morgan fingerprint density at radius 3 is 2.47 bits per heavy atom. The Hall–Kier alpha value is -1.04. The van der Waals surface area contributed by atoms with Crippen molar-refractivity contribution < 1.29 is 4.79 Å². The van der Waals surface area contributed by atoms with Crippen molar-refractivity contribution in [2.75, 3.05) is 6.54 Å². The molecular weight excluding hydrogens is 212 g/mol. The van der Waals surface area contributed by atoms with Crippen LogP contribution in [0.2, 0.25) is 0 Å². The molecule has 0 spiro atoms. The van der Waals surface area contributed by atoms with Crippen molar-refractivity contribution in [2.24, 2.45) is 5.92 Å². The summed E-state index contributed by atoms with van der Waals surface area (Å²) in [6.45, 7) is 4.78. The van der Waals surface area contributed by atoms with Gasteiger partial charge in [-0.25, -0.2) is 0 Å². The van der Waals surface area contributed by atoms with E-state index in [2.05, 4.69) is 6.07 Å². The summed E-state index contributed by atoms with van der Waals surface area (Å²) < 4.78 is 0. The average Bonchev–Trinajstić information content (AvgIpc) is 2.38. The van der Waals surface area contributed by atoms with Gasteiger partial charge in [-0.05, 0) is 26.2 Å². The predicted octanol–water partition coefficient (Wildman–Crippen LogP) is 3.11. The minimum Gasteiger partial charge on any atom is -0.339 e. The molecule has 0 bridgehead atoms. The first kappa shape index (κ1) is 14.0. The van der Waals surface area contributed by atoms with Gasteiger partial charge < -0.3 is 4.90 Å². The van der Waals surface area contributed by atoms with Gasteiger partial charge >= 0.3 is 0 Å². The van der Waals surface area contributed by atoms with E-state index in [9.17, 15) is 4.79 Å². The minimum atomic E-state index is -0.429. The fourth-order valence-corrected chi connectivity index (χ4v) is 2.72. The molecule has 0 radical (unpaired) electrons. The number of nitrogens with zero attached hydrogens (tertiary/aromatic N) is 2. The normalized spacial score (nSPS) is 18.4. The van der Waals surface area contributed by atoms with Gasteiger partial charge in [-0.3, -0.25) is 4.79 Å². The first-order chi connectivity index (χ1) is 8.24. The maximum Gasteiger partial charge on any atom is 0.240 e. The lowest BCUT2D eigenvalue weighted by atomic mass is 9.92. The van der Waals surface area contributed by atoms with Crippen molar-refractivity contribution >= 4 is 5.91 Å². The maximum absolute atomic E-state index is 12.3. The van der Waals surface area contributed by atoms with E-state index in [-0.39, 0.29) is 5.91 Å². The maximum atomic E-state index is 12.3. The van der Waals surface area contributed by atoms with Crippen LogP contribution < -0.4 is 0 Å². The molecule has 1 atom stereocenters. The number of amides is 1.